The molecule has 1 nitrogen and oxygen atoms in total. The topological polar surface area (TPSA) is 3.24 Å². The maximum Gasteiger partial charge on any atom is 0.179 e. The van der Waals surface area contributed by atoms with Gasteiger partial charge in [-0.05, 0) is 169 Å². The lowest BCUT2D eigenvalue weighted by molar-refractivity contribution is -0.00518. The summed E-state index contributed by atoms with van der Waals surface area (Å²) in [5.41, 5.74) is 13.4. The van der Waals surface area contributed by atoms with Crippen LogP contribution in [-0.4, -0.2) is 8.07 Å². The smallest absolute Gasteiger partial charge is 0.179 e. The van der Waals surface area contributed by atoms with Gasteiger partial charge in [-0.25, -0.2) is 0 Å². The Morgan fingerprint density at radius 3 is 1.48 bits per heavy atom. The van der Waals surface area contributed by atoms with Crippen LogP contribution in [0.25, 0.3) is 33.0 Å². The highest BCUT2D eigenvalue weighted by Gasteiger charge is 2.51. The lowest BCUT2D eigenvalue weighted by atomic mass is 9.48. The number of anilines is 3. The first kappa shape index (κ1) is 40.5. The molecular weight excluding hydrogens is 823 g/mol. The normalized spacial score (nSPS) is 21.0. The van der Waals surface area contributed by atoms with Crippen molar-refractivity contribution in [2.75, 3.05) is 4.90 Å². The highest BCUT2D eigenvalue weighted by Crippen LogP contribution is 2.61. The van der Waals surface area contributed by atoms with Gasteiger partial charge in [0.2, 0.25) is 0 Å². The highest BCUT2D eigenvalue weighted by molar-refractivity contribution is 7.19. The number of rotatable bonds is 9. The predicted octanol–water partition coefficient (Wildman–Crippen LogP) is 14.1. The zero-order valence-corrected chi connectivity index (χ0v) is 39.7. The van der Waals surface area contributed by atoms with Gasteiger partial charge in [-0.15, -0.1) is 0 Å². The van der Waals surface area contributed by atoms with Crippen LogP contribution in [0.15, 0.2) is 218 Å². The molecular formula is C65H57NSi. The second-order valence-corrected chi connectivity index (χ2v) is 24.9. The zero-order valence-electron chi connectivity index (χ0n) is 38.7. The molecule has 5 aliphatic carbocycles. The summed E-state index contributed by atoms with van der Waals surface area (Å²) in [6.07, 6.45) is 8.52. The molecule has 0 N–H and O–H groups in total. The van der Waals surface area contributed by atoms with Crippen LogP contribution in [0.3, 0.4) is 0 Å². The van der Waals surface area contributed by atoms with Gasteiger partial charge < -0.3 is 4.90 Å². The van der Waals surface area contributed by atoms with Crippen LogP contribution >= 0.6 is 0 Å². The Morgan fingerprint density at radius 1 is 0.403 bits per heavy atom. The third-order valence-electron chi connectivity index (χ3n) is 17.0. The summed E-state index contributed by atoms with van der Waals surface area (Å²) in [4.78, 5) is 2.54. The van der Waals surface area contributed by atoms with E-state index in [9.17, 15) is 0 Å². The summed E-state index contributed by atoms with van der Waals surface area (Å²) in [5.74, 6) is 2.75. The molecule has 5 aliphatic rings. The van der Waals surface area contributed by atoms with Crippen LogP contribution in [0.5, 0.6) is 0 Å². The minimum absolute atomic E-state index is 0.189. The van der Waals surface area contributed by atoms with Gasteiger partial charge in [0.05, 0.1) is 0 Å². The first-order valence-electron chi connectivity index (χ1n) is 24.8. The average molecular weight is 880 g/mol. The van der Waals surface area contributed by atoms with Gasteiger partial charge in [-0.2, -0.15) is 0 Å². The summed E-state index contributed by atoms with van der Waals surface area (Å²) < 4.78 is 0. The number of hydrogen-bond acceptors (Lipinski definition) is 1. The van der Waals surface area contributed by atoms with Crippen molar-refractivity contribution < 1.29 is 0 Å². The van der Waals surface area contributed by atoms with Gasteiger partial charge >= 0.3 is 0 Å². The summed E-state index contributed by atoms with van der Waals surface area (Å²) in [6, 6.07) is 83.4. The van der Waals surface area contributed by atoms with E-state index in [0.717, 1.165) is 17.8 Å². The first-order chi connectivity index (χ1) is 32.9. The molecule has 67 heavy (non-hydrogen) atoms. The summed E-state index contributed by atoms with van der Waals surface area (Å²) in [7, 11) is -2.70. The Bertz CT molecular complexity index is 3140. The van der Waals surface area contributed by atoms with Gasteiger partial charge in [0, 0.05) is 22.5 Å². The SMILES string of the molecule is CC1(C)c2cc(N(c3ccc(C45CC6CC(CC(C6)C4)C5)cc3)c3ccc([Si](c4ccccc4)(c4ccccc4)c4ccccc4)cc3)ccc2-c2c(-c3cccc4ccccc34)cccc21. The van der Waals surface area contributed by atoms with E-state index in [4.69, 9.17) is 0 Å². The zero-order chi connectivity index (χ0) is 44.7. The Hall–Kier alpha value is -6.74. The molecule has 0 spiro atoms. The van der Waals surface area contributed by atoms with Crippen LogP contribution in [0, 0.1) is 17.8 Å². The highest BCUT2D eigenvalue weighted by atomic mass is 28.3. The molecule has 0 amide bonds. The fraction of sp³-hybridized carbons (Fsp3) is 0.200. The first-order valence-corrected chi connectivity index (χ1v) is 26.8. The van der Waals surface area contributed by atoms with Gasteiger partial charge in [0.15, 0.2) is 8.07 Å². The summed E-state index contributed by atoms with van der Waals surface area (Å²) in [6.45, 7) is 4.85. The monoisotopic (exact) mass is 879 g/mol. The fourth-order valence-electron chi connectivity index (χ4n) is 14.4. The Morgan fingerprint density at radius 2 is 0.881 bits per heavy atom. The van der Waals surface area contributed by atoms with E-state index in [0.29, 0.717) is 5.41 Å². The van der Waals surface area contributed by atoms with Crippen molar-refractivity contribution in [3.05, 3.63) is 235 Å². The molecule has 0 saturated heterocycles. The third kappa shape index (κ3) is 6.40. The number of benzene rings is 9. The molecule has 326 valence electrons. The molecule has 4 bridgehead atoms. The molecule has 0 heterocycles. The Kier molecular flexibility index (Phi) is 9.48. The van der Waals surface area contributed by atoms with Crippen molar-refractivity contribution >= 4 is 56.7 Å². The van der Waals surface area contributed by atoms with E-state index >= 15 is 0 Å². The van der Waals surface area contributed by atoms with Crippen molar-refractivity contribution in [1.29, 1.82) is 0 Å². The largest absolute Gasteiger partial charge is 0.310 e. The number of hydrogen-bond donors (Lipinski definition) is 0. The molecule has 9 aromatic carbocycles. The standard InChI is InChI=1S/C65H57NSi/c1-64(2)61-27-15-26-59(58-25-14-17-48-16-12-13-24-57(48)58)63(61)60-37-34-52(41-62(60)64)66(50-30-28-49(29-31-50)65-42-45-38-46(43-65)40-47(39-45)44-65)51-32-35-56(36-33-51)67(53-18-6-3-7-19-53,54-20-8-4-9-21-54)55-22-10-5-11-23-55/h3-37,41,45-47H,38-40,42-44H2,1-2H3. The van der Waals surface area contributed by atoms with Crippen LogP contribution < -0.4 is 25.6 Å². The van der Waals surface area contributed by atoms with E-state index in [1.54, 1.807) is 5.56 Å². The van der Waals surface area contributed by atoms with Gasteiger partial charge in [0.1, 0.15) is 0 Å². The average Bonchev–Trinajstić information content (AvgIpc) is 3.60. The number of fused-ring (bicyclic) bond motifs is 4. The van der Waals surface area contributed by atoms with Crippen molar-refractivity contribution in [1.82, 2.24) is 0 Å². The second-order valence-electron chi connectivity index (χ2n) is 21.1. The van der Waals surface area contributed by atoms with E-state index in [-0.39, 0.29) is 5.41 Å². The van der Waals surface area contributed by atoms with Crippen LogP contribution in [-0.2, 0) is 10.8 Å². The maximum absolute atomic E-state index is 2.70. The van der Waals surface area contributed by atoms with Crippen molar-refractivity contribution in [2.24, 2.45) is 17.8 Å². The lowest BCUT2D eigenvalue weighted by Gasteiger charge is -2.57. The molecule has 0 radical (unpaired) electrons. The lowest BCUT2D eigenvalue weighted by Crippen LogP contribution is -2.74. The van der Waals surface area contributed by atoms with E-state index < -0.39 is 8.07 Å². The third-order valence-corrected chi connectivity index (χ3v) is 21.8. The molecule has 14 rings (SSSR count). The molecule has 9 aromatic rings. The van der Waals surface area contributed by atoms with Crippen molar-refractivity contribution in [2.45, 2.75) is 63.2 Å². The predicted molar refractivity (Wildman–Crippen MR) is 285 cm³/mol. The van der Waals surface area contributed by atoms with Crippen LogP contribution in [0.2, 0.25) is 0 Å². The minimum Gasteiger partial charge on any atom is -0.310 e. The molecule has 0 unspecified atom stereocenters. The summed E-state index contributed by atoms with van der Waals surface area (Å²) >= 11 is 0. The minimum atomic E-state index is -2.70. The Balaban J connectivity index is 0.966. The van der Waals surface area contributed by atoms with Crippen molar-refractivity contribution in [3.63, 3.8) is 0 Å². The van der Waals surface area contributed by atoms with Crippen LogP contribution in [0.4, 0.5) is 17.1 Å². The van der Waals surface area contributed by atoms with E-state index in [2.05, 4.69) is 237 Å². The fourth-order valence-corrected chi connectivity index (χ4v) is 19.1. The molecule has 4 fully saturated rings. The maximum atomic E-state index is 2.54. The van der Waals surface area contributed by atoms with E-state index in [1.807, 2.05) is 0 Å². The summed E-state index contributed by atoms with van der Waals surface area (Å²) in [5, 5.41) is 8.12. The molecule has 0 atom stereocenters. The van der Waals surface area contributed by atoms with Gasteiger partial charge in [0.25, 0.3) is 0 Å². The van der Waals surface area contributed by atoms with Crippen molar-refractivity contribution in [3.8, 4) is 22.3 Å². The second kappa shape index (κ2) is 15.7. The van der Waals surface area contributed by atoms with E-state index in [1.165, 1.54) is 120 Å². The van der Waals surface area contributed by atoms with Gasteiger partial charge in [-0.1, -0.05) is 196 Å². The Labute approximate surface area is 397 Å². The van der Waals surface area contributed by atoms with Crippen LogP contribution in [0.1, 0.15) is 69.1 Å². The molecule has 0 aliphatic heterocycles. The molecule has 0 aromatic heterocycles. The van der Waals surface area contributed by atoms with Gasteiger partial charge in [-0.3, -0.25) is 0 Å². The molecule has 4 saturated carbocycles. The quantitative estimate of drug-likeness (QED) is 0.103. The number of nitrogens with zero attached hydrogens (tertiary/aromatic N) is 1. The molecule has 2 heteroatoms.